The molecule has 0 saturated carbocycles. The van der Waals surface area contributed by atoms with Crippen LogP contribution in [0.5, 0.6) is 0 Å². The van der Waals surface area contributed by atoms with Crippen molar-refractivity contribution in [2.24, 2.45) is 0 Å². The molecule has 6 aromatic heterocycles. The molecular formula is C58H34N4O2. The van der Waals surface area contributed by atoms with E-state index < -0.39 is 0 Å². The second-order valence-electron chi connectivity index (χ2n) is 16.6. The standard InChI is InChI=1S/C58H34N4O2/c1-2-10-40(11-3-1)61-49-15-6-4-12-43(49)44-23-19-37(31-52(44)61)42-14-8-17-51-57(42)45-13-5-7-16-50(45)62(51)41-22-26-54-47(32-41)46-29-35(20-24-53(46)63-54)38-28-39(34-59-33-38)36-21-25-55-48(30-36)58-56(64-55)18-9-27-60-58/h1-34H. The molecule has 14 rings (SSSR count). The molecule has 64 heavy (non-hydrogen) atoms. The lowest BCUT2D eigenvalue weighted by Crippen LogP contribution is -1.94. The van der Waals surface area contributed by atoms with Gasteiger partial charge < -0.3 is 18.0 Å². The number of nitrogens with zero attached hydrogens (tertiary/aromatic N) is 4. The van der Waals surface area contributed by atoms with E-state index in [4.69, 9.17) is 13.8 Å². The van der Waals surface area contributed by atoms with Crippen LogP contribution in [-0.4, -0.2) is 19.1 Å². The third kappa shape index (κ3) is 5.14. The Bertz CT molecular complexity index is 4210. The second kappa shape index (κ2) is 13.4. The number of hydrogen-bond donors (Lipinski definition) is 0. The molecule has 6 heteroatoms. The molecule has 0 aliphatic heterocycles. The topological polar surface area (TPSA) is 61.9 Å². The van der Waals surface area contributed by atoms with E-state index in [0.717, 1.165) is 88.7 Å². The molecule has 8 aromatic carbocycles. The van der Waals surface area contributed by atoms with E-state index >= 15 is 0 Å². The summed E-state index contributed by atoms with van der Waals surface area (Å²) in [5.74, 6) is 0. The van der Waals surface area contributed by atoms with E-state index in [9.17, 15) is 0 Å². The molecule has 0 amide bonds. The zero-order valence-electron chi connectivity index (χ0n) is 34.2. The molecule has 14 aromatic rings. The predicted molar refractivity (Wildman–Crippen MR) is 262 cm³/mol. The van der Waals surface area contributed by atoms with Gasteiger partial charge in [-0.1, -0.05) is 91.0 Å². The van der Waals surface area contributed by atoms with Crippen LogP contribution in [0, 0.1) is 0 Å². The molecule has 0 fully saturated rings. The van der Waals surface area contributed by atoms with Gasteiger partial charge in [-0.2, -0.15) is 0 Å². The van der Waals surface area contributed by atoms with Crippen molar-refractivity contribution in [3.05, 3.63) is 207 Å². The highest BCUT2D eigenvalue weighted by Gasteiger charge is 2.20. The summed E-state index contributed by atoms with van der Waals surface area (Å²) in [7, 11) is 0. The van der Waals surface area contributed by atoms with Gasteiger partial charge in [-0.25, -0.2) is 0 Å². The molecule has 6 nitrogen and oxygen atoms in total. The molecule has 298 valence electrons. The molecule has 0 spiro atoms. The number of fused-ring (bicyclic) bond motifs is 12. The van der Waals surface area contributed by atoms with Crippen molar-refractivity contribution in [2.45, 2.75) is 0 Å². The van der Waals surface area contributed by atoms with Gasteiger partial charge in [-0.15, -0.1) is 0 Å². The number of rotatable bonds is 5. The molecule has 0 saturated heterocycles. The van der Waals surface area contributed by atoms with Crippen molar-refractivity contribution in [1.82, 2.24) is 19.1 Å². The van der Waals surface area contributed by atoms with E-state index in [1.165, 1.54) is 43.7 Å². The normalized spacial score (nSPS) is 12.1. The number of furan rings is 2. The van der Waals surface area contributed by atoms with Gasteiger partial charge in [-0.05, 0) is 119 Å². The highest BCUT2D eigenvalue weighted by Crippen LogP contribution is 2.42. The molecule has 0 bridgehead atoms. The van der Waals surface area contributed by atoms with Crippen molar-refractivity contribution in [2.75, 3.05) is 0 Å². The van der Waals surface area contributed by atoms with Crippen LogP contribution in [0.2, 0.25) is 0 Å². The number of aromatic nitrogens is 4. The molecule has 0 atom stereocenters. The first-order valence-corrected chi connectivity index (χ1v) is 21.5. The SMILES string of the molecule is c1ccc(-n2c3ccccc3c3ccc(-c4cccc5c4c4ccccc4n5-c4ccc5oc6ccc(-c7cncc(-c8ccc9oc%10cccnc%10c9c8)c7)cc6c5c4)cc32)cc1. The van der Waals surface area contributed by atoms with Crippen molar-refractivity contribution in [3.63, 3.8) is 0 Å². The maximum Gasteiger partial charge on any atom is 0.153 e. The summed E-state index contributed by atoms with van der Waals surface area (Å²) in [4.78, 5) is 9.30. The second-order valence-corrected chi connectivity index (χ2v) is 16.6. The molecule has 0 aliphatic rings. The Morgan fingerprint density at radius 3 is 1.80 bits per heavy atom. The largest absolute Gasteiger partial charge is 0.456 e. The zero-order valence-corrected chi connectivity index (χ0v) is 34.2. The Balaban J connectivity index is 0.902. The third-order valence-corrected chi connectivity index (χ3v) is 13.0. The monoisotopic (exact) mass is 818 g/mol. The summed E-state index contributed by atoms with van der Waals surface area (Å²) >= 11 is 0. The van der Waals surface area contributed by atoms with Crippen molar-refractivity contribution < 1.29 is 8.83 Å². The summed E-state index contributed by atoms with van der Waals surface area (Å²) in [5.41, 5.74) is 17.6. The third-order valence-electron chi connectivity index (χ3n) is 13.0. The van der Waals surface area contributed by atoms with Gasteiger partial charge in [0, 0.05) is 78.8 Å². The minimum absolute atomic E-state index is 0.783. The predicted octanol–water partition coefficient (Wildman–Crippen LogP) is 15.5. The van der Waals surface area contributed by atoms with Gasteiger partial charge in [0.2, 0.25) is 0 Å². The lowest BCUT2D eigenvalue weighted by atomic mass is 9.98. The van der Waals surface area contributed by atoms with Crippen molar-refractivity contribution in [1.29, 1.82) is 0 Å². The molecule has 0 N–H and O–H groups in total. The Labute approximate surface area is 365 Å². The van der Waals surface area contributed by atoms with Crippen LogP contribution in [0.1, 0.15) is 0 Å². The average Bonchev–Trinajstić information content (AvgIpc) is 4.11. The first-order chi connectivity index (χ1) is 31.7. The molecule has 6 heterocycles. The summed E-state index contributed by atoms with van der Waals surface area (Å²) in [6.07, 6.45) is 5.65. The summed E-state index contributed by atoms with van der Waals surface area (Å²) in [6, 6.07) is 67.1. The number of para-hydroxylation sites is 3. The molecule has 0 aliphatic carbocycles. The van der Waals surface area contributed by atoms with Crippen molar-refractivity contribution in [3.8, 4) is 44.8 Å². The molecular weight excluding hydrogens is 785 g/mol. The van der Waals surface area contributed by atoms with Crippen LogP contribution in [0.25, 0.3) is 132 Å². The highest BCUT2D eigenvalue weighted by molar-refractivity contribution is 6.18. The zero-order chi connectivity index (χ0) is 41.9. The fraction of sp³-hybridized carbons (Fsp3) is 0. The maximum absolute atomic E-state index is 6.49. The maximum atomic E-state index is 6.49. The molecule has 0 unspecified atom stereocenters. The van der Waals surface area contributed by atoms with Crippen LogP contribution < -0.4 is 0 Å². The van der Waals surface area contributed by atoms with E-state index in [-0.39, 0.29) is 0 Å². The van der Waals surface area contributed by atoms with Gasteiger partial charge in [0.25, 0.3) is 0 Å². The highest BCUT2D eigenvalue weighted by atomic mass is 16.3. The van der Waals surface area contributed by atoms with Gasteiger partial charge >= 0.3 is 0 Å². The van der Waals surface area contributed by atoms with Crippen LogP contribution in [0.3, 0.4) is 0 Å². The fourth-order valence-corrected chi connectivity index (χ4v) is 10.1. The number of pyridine rings is 2. The van der Waals surface area contributed by atoms with Gasteiger partial charge in [0.15, 0.2) is 5.58 Å². The summed E-state index contributed by atoms with van der Waals surface area (Å²) in [5, 5.41) is 8.03. The fourth-order valence-electron chi connectivity index (χ4n) is 10.1. The first-order valence-electron chi connectivity index (χ1n) is 21.5. The Morgan fingerprint density at radius 1 is 0.344 bits per heavy atom. The Hall–Kier alpha value is -8.74. The van der Waals surface area contributed by atoms with Crippen LogP contribution >= 0.6 is 0 Å². The van der Waals surface area contributed by atoms with E-state index in [2.05, 4.69) is 184 Å². The van der Waals surface area contributed by atoms with Gasteiger partial charge in [-0.3, -0.25) is 9.97 Å². The smallest absolute Gasteiger partial charge is 0.153 e. The van der Waals surface area contributed by atoms with E-state index in [1.54, 1.807) is 6.20 Å². The number of benzene rings is 8. The lowest BCUT2D eigenvalue weighted by Gasteiger charge is -2.11. The van der Waals surface area contributed by atoms with Crippen molar-refractivity contribution >= 4 is 87.6 Å². The Kier molecular flexibility index (Phi) is 7.30. The lowest BCUT2D eigenvalue weighted by molar-refractivity contribution is 0.668. The van der Waals surface area contributed by atoms with E-state index in [0.29, 0.717) is 0 Å². The summed E-state index contributed by atoms with van der Waals surface area (Å²) in [6.45, 7) is 0. The minimum atomic E-state index is 0.783. The van der Waals surface area contributed by atoms with Crippen LogP contribution in [0.4, 0.5) is 0 Å². The van der Waals surface area contributed by atoms with Gasteiger partial charge in [0.1, 0.15) is 22.3 Å². The van der Waals surface area contributed by atoms with Crippen LogP contribution in [-0.2, 0) is 0 Å². The molecule has 0 radical (unpaired) electrons. The quantitative estimate of drug-likeness (QED) is 0.174. The Morgan fingerprint density at radius 2 is 0.969 bits per heavy atom. The minimum Gasteiger partial charge on any atom is -0.456 e. The average molecular weight is 819 g/mol. The first kappa shape index (κ1) is 34.9. The van der Waals surface area contributed by atoms with Crippen LogP contribution in [0.15, 0.2) is 215 Å². The van der Waals surface area contributed by atoms with Gasteiger partial charge in [0.05, 0.1) is 22.1 Å². The number of hydrogen-bond acceptors (Lipinski definition) is 4. The summed E-state index contributed by atoms with van der Waals surface area (Å²) < 4.78 is 17.3. The van der Waals surface area contributed by atoms with E-state index in [1.807, 2.05) is 30.6 Å².